The number of aryl methyl sites for hydroxylation is 2. The van der Waals surface area contributed by atoms with Crippen molar-refractivity contribution in [1.29, 1.82) is 0 Å². The molecule has 3 aromatic carbocycles. The zero-order valence-electron chi connectivity index (χ0n) is 24.8. The largest absolute Gasteiger partial charge is 0.507 e. The molecular weight excluding hydrogens is 514 g/mol. The van der Waals surface area contributed by atoms with E-state index in [1.54, 1.807) is 36.4 Å². The van der Waals surface area contributed by atoms with E-state index < -0.39 is 22.7 Å². The van der Waals surface area contributed by atoms with Gasteiger partial charge in [0.15, 0.2) is 17.3 Å². The van der Waals surface area contributed by atoms with E-state index >= 15 is 0 Å². The van der Waals surface area contributed by atoms with E-state index in [4.69, 9.17) is 9.72 Å². The fourth-order valence-corrected chi connectivity index (χ4v) is 5.56. The van der Waals surface area contributed by atoms with Gasteiger partial charge in [-0.2, -0.15) is 0 Å². The van der Waals surface area contributed by atoms with Crippen LogP contribution in [-0.2, 0) is 10.8 Å². The standard InChI is InChI=1S/C35H35NO5/c1-18-12-13-19(2)27-26(18)31(38)28(32(27)39)24-15-14-20-10-9-11-25(29(20)36-24)41-33(40)21-16-22(34(3,4)5)30(37)23(17-21)35(6,7)8/h9-17,28,37H,1-8H3. The number of nitrogens with zero attached hydrogens (tertiary/aromatic N) is 1. The Morgan fingerprint density at radius 3 is 1.85 bits per heavy atom. The van der Waals surface area contributed by atoms with Crippen LogP contribution < -0.4 is 4.74 Å². The second kappa shape index (κ2) is 9.65. The highest BCUT2D eigenvalue weighted by atomic mass is 16.5. The summed E-state index contributed by atoms with van der Waals surface area (Å²) in [6.07, 6.45) is 0. The van der Waals surface area contributed by atoms with E-state index in [2.05, 4.69) is 0 Å². The summed E-state index contributed by atoms with van der Waals surface area (Å²) in [7, 11) is 0. The number of phenols is 1. The lowest BCUT2D eigenvalue weighted by molar-refractivity contribution is 0.0735. The zero-order chi connectivity index (χ0) is 30.0. The maximum absolute atomic E-state index is 13.6. The van der Waals surface area contributed by atoms with Gasteiger partial charge in [0.2, 0.25) is 0 Å². The molecule has 4 aromatic rings. The number of carbonyl (C=O) groups is 3. The van der Waals surface area contributed by atoms with E-state index in [0.29, 0.717) is 44.4 Å². The Balaban J connectivity index is 1.56. The predicted octanol–water partition coefficient (Wildman–Crippen LogP) is 7.53. The molecule has 41 heavy (non-hydrogen) atoms. The molecule has 0 fully saturated rings. The van der Waals surface area contributed by atoms with Crippen LogP contribution in [0.4, 0.5) is 0 Å². The van der Waals surface area contributed by atoms with Crippen molar-refractivity contribution in [3.05, 3.63) is 99.2 Å². The van der Waals surface area contributed by atoms with Crippen molar-refractivity contribution in [2.45, 2.75) is 72.1 Å². The number of fused-ring (bicyclic) bond motifs is 2. The van der Waals surface area contributed by atoms with Crippen molar-refractivity contribution >= 4 is 28.4 Å². The zero-order valence-corrected chi connectivity index (χ0v) is 24.8. The highest BCUT2D eigenvalue weighted by Crippen LogP contribution is 2.41. The third kappa shape index (κ3) is 4.82. The van der Waals surface area contributed by atoms with Gasteiger partial charge in [-0.25, -0.2) is 9.78 Å². The SMILES string of the molecule is Cc1ccc(C)c2c1C(=O)C(c1ccc3cccc(OC(=O)c4cc(C(C)(C)C)c(O)c(C(C)(C)C)c4)c3n1)C2=O. The Morgan fingerprint density at radius 2 is 1.34 bits per heavy atom. The van der Waals surface area contributed by atoms with Gasteiger partial charge in [0, 0.05) is 27.6 Å². The minimum atomic E-state index is -1.04. The number of pyridine rings is 1. The average Bonchev–Trinajstić information content (AvgIpc) is 3.16. The number of hydrogen-bond donors (Lipinski definition) is 1. The first kappa shape index (κ1) is 28.2. The molecular formula is C35H35NO5. The number of hydrogen-bond acceptors (Lipinski definition) is 6. The molecule has 1 aliphatic rings. The van der Waals surface area contributed by atoms with Gasteiger partial charge in [0.05, 0.1) is 11.3 Å². The van der Waals surface area contributed by atoms with Crippen LogP contribution >= 0.6 is 0 Å². The van der Waals surface area contributed by atoms with Crippen LogP contribution in [0.25, 0.3) is 10.9 Å². The molecule has 5 rings (SSSR count). The molecule has 0 atom stereocenters. The Bertz CT molecular complexity index is 1690. The molecule has 0 unspecified atom stereocenters. The second-order valence-electron chi connectivity index (χ2n) is 13.0. The van der Waals surface area contributed by atoms with Gasteiger partial charge in [-0.15, -0.1) is 0 Å². The van der Waals surface area contributed by atoms with Crippen molar-refractivity contribution < 1.29 is 24.2 Å². The summed E-state index contributed by atoms with van der Waals surface area (Å²) in [4.78, 5) is 45.2. The first-order valence-electron chi connectivity index (χ1n) is 13.8. The third-order valence-electron chi connectivity index (χ3n) is 7.80. The molecule has 0 amide bonds. The number of aromatic nitrogens is 1. The van der Waals surface area contributed by atoms with Crippen LogP contribution in [0.3, 0.4) is 0 Å². The number of rotatable bonds is 3. The summed E-state index contributed by atoms with van der Waals surface area (Å²) in [6, 6.07) is 15.8. The van der Waals surface area contributed by atoms with Gasteiger partial charge in [-0.05, 0) is 60.1 Å². The van der Waals surface area contributed by atoms with Gasteiger partial charge in [-0.1, -0.05) is 71.9 Å². The summed E-state index contributed by atoms with van der Waals surface area (Å²) in [5, 5.41) is 11.8. The monoisotopic (exact) mass is 549 g/mol. The van der Waals surface area contributed by atoms with Crippen LogP contribution in [-0.4, -0.2) is 27.6 Å². The quantitative estimate of drug-likeness (QED) is 0.161. The molecule has 1 heterocycles. The van der Waals surface area contributed by atoms with E-state index in [-0.39, 0.29) is 23.1 Å². The minimum absolute atomic E-state index is 0.176. The maximum atomic E-state index is 13.6. The van der Waals surface area contributed by atoms with E-state index in [1.807, 2.05) is 73.6 Å². The molecule has 0 spiro atoms. The van der Waals surface area contributed by atoms with Crippen LogP contribution in [0, 0.1) is 13.8 Å². The number of aromatic hydroxyl groups is 1. The maximum Gasteiger partial charge on any atom is 0.343 e. The molecule has 0 saturated carbocycles. The Labute approximate surface area is 240 Å². The van der Waals surface area contributed by atoms with Gasteiger partial charge in [0.25, 0.3) is 0 Å². The lowest BCUT2D eigenvalue weighted by atomic mass is 9.78. The normalized spacial score (nSPS) is 14.0. The van der Waals surface area contributed by atoms with Crippen LogP contribution in [0.5, 0.6) is 11.5 Å². The van der Waals surface area contributed by atoms with E-state index in [9.17, 15) is 19.5 Å². The molecule has 6 nitrogen and oxygen atoms in total. The summed E-state index contributed by atoms with van der Waals surface area (Å²) in [5.74, 6) is -1.76. The third-order valence-corrected chi connectivity index (χ3v) is 7.80. The molecule has 0 aliphatic heterocycles. The Morgan fingerprint density at radius 1 is 0.805 bits per heavy atom. The number of para-hydroxylation sites is 1. The number of ketones is 2. The fourth-order valence-electron chi connectivity index (χ4n) is 5.56. The fraction of sp³-hybridized carbons (Fsp3) is 0.314. The van der Waals surface area contributed by atoms with Gasteiger partial charge < -0.3 is 9.84 Å². The van der Waals surface area contributed by atoms with Crippen molar-refractivity contribution in [2.75, 3.05) is 0 Å². The lowest BCUT2D eigenvalue weighted by Gasteiger charge is -2.28. The van der Waals surface area contributed by atoms with Crippen LogP contribution in [0.2, 0.25) is 0 Å². The van der Waals surface area contributed by atoms with Crippen molar-refractivity contribution in [3.8, 4) is 11.5 Å². The molecule has 0 bridgehead atoms. The highest BCUT2D eigenvalue weighted by Gasteiger charge is 2.42. The molecule has 0 radical (unpaired) electrons. The minimum Gasteiger partial charge on any atom is -0.507 e. The molecule has 1 aliphatic carbocycles. The Hall–Kier alpha value is -4.32. The second-order valence-corrected chi connectivity index (χ2v) is 13.0. The van der Waals surface area contributed by atoms with Crippen molar-refractivity contribution in [2.24, 2.45) is 0 Å². The average molecular weight is 550 g/mol. The van der Waals surface area contributed by atoms with Crippen LogP contribution in [0.15, 0.2) is 54.6 Å². The van der Waals surface area contributed by atoms with Crippen molar-refractivity contribution in [1.82, 2.24) is 4.98 Å². The van der Waals surface area contributed by atoms with Crippen molar-refractivity contribution in [3.63, 3.8) is 0 Å². The van der Waals surface area contributed by atoms with Crippen LogP contribution in [0.1, 0.15) is 106 Å². The van der Waals surface area contributed by atoms with E-state index in [0.717, 1.165) is 11.1 Å². The van der Waals surface area contributed by atoms with Gasteiger partial charge in [0.1, 0.15) is 17.2 Å². The number of esters is 1. The number of phenolic OH excluding ortho intramolecular Hbond substituents is 1. The lowest BCUT2D eigenvalue weighted by Crippen LogP contribution is -2.20. The van der Waals surface area contributed by atoms with E-state index in [1.165, 1.54) is 0 Å². The predicted molar refractivity (Wildman–Crippen MR) is 160 cm³/mol. The number of Topliss-reactive ketones (excluding diaryl/α,β-unsaturated/α-hetero) is 2. The molecule has 0 saturated heterocycles. The first-order valence-corrected chi connectivity index (χ1v) is 13.8. The molecule has 210 valence electrons. The molecule has 6 heteroatoms. The summed E-state index contributed by atoms with van der Waals surface area (Å²) in [5.41, 5.74) is 3.94. The summed E-state index contributed by atoms with van der Waals surface area (Å²) >= 11 is 0. The number of ether oxygens (including phenoxy) is 1. The number of carbonyl (C=O) groups excluding carboxylic acids is 3. The first-order chi connectivity index (χ1) is 19.1. The van der Waals surface area contributed by atoms with Gasteiger partial charge in [-0.3, -0.25) is 9.59 Å². The molecule has 1 aromatic heterocycles. The summed E-state index contributed by atoms with van der Waals surface area (Å²) in [6.45, 7) is 15.5. The molecule has 1 N–H and O–H groups in total. The topological polar surface area (TPSA) is 93.6 Å². The number of benzene rings is 3. The van der Waals surface area contributed by atoms with Gasteiger partial charge >= 0.3 is 5.97 Å². The Kier molecular flexibility index (Phi) is 6.64. The summed E-state index contributed by atoms with van der Waals surface area (Å²) < 4.78 is 5.91. The smallest absolute Gasteiger partial charge is 0.343 e. The highest BCUT2D eigenvalue weighted by molar-refractivity contribution is 6.30.